The zero-order chi connectivity index (χ0) is 20.0. The van der Waals surface area contributed by atoms with Gasteiger partial charge in [-0.05, 0) is 67.9 Å². The molecule has 0 N–H and O–H groups in total. The van der Waals surface area contributed by atoms with Gasteiger partial charge in [0.25, 0.3) is 0 Å². The first-order valence-electron chi connectivity index (χ1n) is 10.9. The van der Waals surface area contributed by atoms with Crippen LogP contribution in [-0.2, 0) is 6.42 Å². The number of hydrogen-bond acceptors (Lipinski definition) is 3. The predicted octanol–water partition coefficient (Wildman–Crippen LogP) is 7.03. The van der Waals surface area contributed by atoms with E-state index < -0.39 is 0 Å². The van der Waals surface area contributed by atoms with Gasteiger partial charge in [-0.25, -0.2) is 9.97 Å². The number of aryl methyl sites for hydroxylation is 1. The average molecular weight is 381 g/mol. The molecule has 3 nitrogen and oxygen atoms in total. The Balaban J connectivity index is 1.74. The topological polar surface area (TPSA) is 35.0 Å². The lowest BCUT2D eigenvalue weighted by Gasteiger charge is -2.08. The molecule has 0 aliphatic rings. The monoisotopic (exact) mass is 380 g/mol. The molecule has 0 saturated carbocycles. The quantitative estimate of drug-likeness (QED) is 0.261. The van der Waals surface area contributed by atoms with E-state index in [1.54, 1.807) is 0 Å². The first kappa shape index (κ1) is 22.1. The van der Waals surface area contributed by atoms with Gasteiger partial charge >= 0.3 is 0 Å². The second kappa shape index (κ2) is 13.1. The molecule has 2 rings (SSSR count). The van der Waals surface area contributed by atoms with Crippen LogP contribution in [0.15, 0.2) is 49.3 Å². The van der Waals surface area contributed by atoms with Crippen molar-refractivity contribution in [3.63, 3.8) is 0 Å². The van der Waals surface area contributed by atoms with Gasteiger partial charge in [0.15, 0.2) is 5.82 Å². The summed E-state index contributed by atoms with van der Waals surface area (Å²) in [5.74, 6) is 2.53. The molecule has 0 saturated heterocycles. The van der Waals surface area contributed by atoms with Crippen LogP contribution in [0.1, 0.15) is 70.8 Å². The molecule has 0 aliphatic heterocycles. The van der Waals surface area contributed by atoms with Crippen LogP contribution >= 0.6 is 0 Å². The summed E-state index contributed by atoms with van der Waals surface area (Å²) in [5.41, 5.74) is 2.26. The van der Waals surface area contributed by atoms with Gasteiger partial charge < -0.3 is 4.74 Å². The van der Waals surface area contributed by atoms with Gasteiger partial charge in [0.1, 0.15) is 5.75 Å². The summed E-state index contributed by atoms with van der Waals surface area (Å²) < 4.78 is 5.77. The van der Waals surface area contributed by atoms with Crippen molar-refractivity contribution in [3.8, 4) is 17.1 Å². The first-order valence-corrected chi connectivity index (χ1v) is 10.9. The highest BCUT2D eigenvalue weighted by atomic mass is 16.5. The van der Waals surface area contributed by atoms with Gasteiger partial charge in [0.2, 0.25) is 0 Å². The molecule has 1 atom stereocenters. The normalized spacial score (nSPS) is 11.9. The largest absolute Gasteiger partial charge is 0.494 e. The third-order valence-electron chi connectivity index (χ3n) is 5.25. The molecule has 152 valence electrons. The van der Waals surface area contributed by atoms with Crippen molar-refractivity contribution in [3.05, 3.63) is 54.9 Å². The number of rotatable bonds is 14. The van der Waals surface area contributed by atoms with Crippen molar-refractivity contribution in [1.82, 2.24) is 9.97 Å². The molecule has 0 bridgehead atoms. The van der Waals surface area contributed by atoms with Crippen molar-refractivity contribution in [2.45, 2.75) is 71.6 Å². The average Bonchev–Trinajstić information content (AvgIpc) is 2.74. The number of unbranched alkanes of at least 4 members (excludes halogenated alkanes) is 4. The molecule has 0 spiro atoms. The van der Waals surface area contributed by atoms with Crippen LogP contribution in [0.5, 0.6) is 5.75 Å². The Bertz CT molecular complexity index is 664. The van der Waals surface area contributed by atoms with Gasteiger partial charge in [-0.3, -0.25) is 0 Å². The highest BCUT2D eigenvalue weighted by molar-refractivity contribution is 5.55. The molecule has 0 amide bonds. The van der Waals surface area contributed by atoms with Crippen molar-refractivity contribution in [2.75, 3.05) is 6.61 Å². The highest BCUT2D eigenvalue weighted by Gasteiger charge is 2.03. The Morgan fingerprint density at radius 3 is 2.43 bits per heavy atom. The van der Waals surface area contributed by atoms with Crippen LogP contribution in [0.4, 0.5) is 0 Å². The van der Waals surface area contributed by atoms with Gasteiger partial charge in [0.05, 0.1) is 6.61 Å². The maximum Gasteiger partial charge on any atom is 0.159 e. The molecule has 28 heavy (non-hydrogen) atoms. The van der Waals surface area contributed by atoms with E-state index in [9.17, 15) is 0 Å². The van der Waals surface area contributed by atoms with E-state index in [2.05, 4.69) is 30.4 Å². The van der Waals surface area contributed by atoms with Crippen LogP contribution in [0.2, 0.25) is 0 Å². The van der Waals surface area contributed by atoms with E-state index in [-0.39, 0.29) is 0 Å². The van der Waals surface area contributed by atoms with Crippen LogP contribution in [-0.4, -0.2) is 16.6 Å². The Morgan fingerprint density at radius 1 is 1.00 bits per heavy atom. The van der Waals surface area contributed by atoms with Crippen molar-refractivity contribution in [2.24, 2.45) is 5.92 Å². The summed E-state index contributed by atoms with van der Waals surface area (Å²) in [6.07, 6.45) is 16.7. The fraction of sp³-hybridized carbons (Fsp3) is 0.520. The molecule has 1 aromatic heterocycles. The molecule has 0 aliphatic carbocycles. The lowest BCUT2D eigenvalue weighted by Crippen LogP contribution is -1.97. The molecule has 1 aromatic carbocycles. The lowest BCUT2D eigenvalue weighted by atomic mass is 10.00. The number of hydrogen-bond donors (Lipinski definition) is 0. The Hall–Kier alpha value is -2.16. The summed E-state index contributed by atoms with van der Waals surface area (Å²) in [4.78, 5) is 9.11. The molecule has 0 radical (unpaired) electrons. The van der Waals surface area contributed by atoms with Crippen molar-refractivity contribution >= 4 is 0 Å². The number of aromatic nitrogens is 2. The Morgan fingerprint density at radius 2 is 1.75 bits per heavy atom. The van der Waals surface area contributed by atoms with E-state index in [1.807, 2.05) is 42.7 Å². The lowest BCUT2D eigenvalue weighted by molar-refractivity contribution is 0.307. The molecule has 3 heteroatoms. The Labute approximate surface area is 171 Å². The van der Waals surface area contributed by atoms with Gasteiger partial charge in [-0.15, -0.1) is 6.58 Å². The molecular formula is C25H36N2O. The van der Waals surface area contributed by atoms with Gasteiger partial charge in [0, 0.05) is 18.0 Å². The van der Waals surface area contributed by atoms with E-state index in [0.717, 1.165) is 55.3 Å². The summed E-state index contributed by atoms with van der Waals surface area (Å²) in [6, 6.07) is 8.06. The zero-order valence-electron chi connectivity index (χ0n) is 17.7. The third kappa shape index (κ3) is 8.24. The third-order valence-corrected chi connectivity index (χ3v) is 5.25. The molecule has 0 fully saturated rings. The van der Waals surface area contributed by atoms with Crippen LogP contribution < -0.4 is 4.74 Å². The van der Waals surface area contributed by atoms with E-state index in [4.69, 9.17) is 4.74 Å². The molecule has 1 unspecified atom stereocenters. The molecular weight excluding hydrogens is 344 g/mol. The number of benzene rings is 1. The maximum atomic E-state index is 5.77. The van der Waals surface area contributed by atoms with E-state index >= 15 is 0 Å². The highest BCUT2D eigenvalue weighted by Crippen LogP contribution is 2.20. The minimum Gasteiger partial charge on any atom is -0.494 e. The van der Waals surface area contributed by atoms with Gasteiger partial charge in [-0.2, -0.15) is 0 Å². The van der Waals surface area contributed by atoms with Crippen LogP contribution in [0.3, 0.4) is 0 Å². The van der Waals surface area contributed by atoms with Crippen LogP contribution in [0, 0.1) is 5.92 Å². The first-order chi connectivity index (χ1) is 13.7. The zero-order valence-corrected chi connectivity index (χ0v) is 17.7. The summed E-state index contributed by atoms with van der Waals surface area (Å²) in [7, 11) is 0. The second-order valence-electron chi connectivity index (χ2n) is 7.68. The number of ether oxygens (including phenoxy) is 1. The number of allylic oxidation sites excluding steroid dienone is 1. The maximum absolute atomic E-state index is 5.77. The fourth-order valence-electron chi connectivity index (χ4n) is 3.12. The van der Waals surface area contributed by atoms with Gasteiger partial charge in [-0.1, -0.05) is 45.6 Å². The predicted molar refractivity (Wildman–Crippen MR) is 119 cm³/mol. The number of nitrogens with zero attached hydrogens (tertiary/aromatic N) is 2. The van der Waals surface area contributed by atoms with Crippen molar-refractivity contribution < 1.29 is 4.74 Å². The van der Waals surface area contributed by atoms with Crippen molar-refractivity contribution in [1.29, 1.82) is 0 Å². The Kier molecular flexibility index (Phi) is 10.3. The second-order valence-corrected chi connectivity index (χ2v) is 7.68. The smallest absolute Gasteiger partial charge is 0.159 e. The minimum absolute atomic E-state index is 0.746. The fourth-order valence-corrected chi connectivity index (χ4v) is 3.12. The molecule has 1 heterocycles. The SMILES string of the molecule is C=CCCCCOc1ccc(-c2ncc(CCCCCC(C)CC)cn2)cc1. The van der Waals surface area contributed by atoms with Crippen LogP contribution in [0.25, 0.3) is 11.4 Å². The summed E-state index contributed by atoms with van der Waals surface area (Å²) in [6.45, 7) is 9.10. The molecule has 2 aromatic rings. The standard InChI is InChI=1S/C25H36N2O/c1-4-6-7-11-18-28-24-16-14-23(15-17-24)25-26-19-22(20-27-25)13-10-8-9-12-21(3)5-2/h4,14-17,19-21H,1,5-13,18H2,2-3H3. The van der Waals surface area contributed by atoms with E-state index in [0.29, 0.717) is 0 Å². The summed E-state index contributed by atoms with van der Waals surface area (Å²) in [5, 5.41) is 0. The minimum atomic E-state index is 0.746. The van der Waals surface area contributed by atoms with E-state index in [1.165, 1.54) is 37.7 Å². The summed E-state index contributed by atoms with van der Waals surface area (Å²) >= 11 is 0.